The molecule has 0 saturated heterocycles. The van der Waals surface area contributed by atoms with Crippen molar-refractivity contribution in [3.63, 3.8) is 0 Å². The maximum Gasteiger partial charge on any atom is 0.351 e. The molecule has 0 bridgehead atoms. The molecule has 0 heterocycles. The fraction of sp³-hybridized carbons (Fsp3) is 0.571. The first-order valence-corrected chi connectivity index (χ1v) is 8.19. The summed E-state index contributed by atoms with van der Waals surface area (Å²) >= 11 is 0. The van der Waals surface area contributed by atoms with Crippen LogP contribution in [0.3, 0.4) is 0 Å². The summed E-state index contributed by atoms with van der Waals surface area (Å²) in [4.78, 5) is 0. The molecule has 1 aromatic rings. The lowest BCUT2D eigenvalue weighted by molar-refractivity contribution is 0.212. The highest BCUT2D eigenvalue weighted by molar-refractivity contribution is 7.54. The van der Waals surface area contributed by atoms with Gasteiger partial charge in [-0.05, 0) is 51.3 Å². The fourth-order valence-corrected chi connectivity index (χ4v) is 4.21. The summed E-state index contributed by atoms with van der Waals surface area (Å²) in [5, 5.41) is 0. The van der Waals surface area contributed by atoms with Crippen molar-refractivity contribution in [1.82, 2.24) is 0 Å². The molecule has 19 heavy (non-hydrogen) atoms. The maximum absolute atomic E-state index is 12.7. The monoisotopic (exact) mass is 285 g/mol. The van der Waals surface area contributed by atoms with Gasteiger partial charge in [-0.3, -0.25) is 4.57 Å². The molecule has 1 rings (SSSR count). The van der Waals surface area contributed by atoms with E-state index < -0.39 is 13.4 Å². The average Bonchev–Trinajstić information content (AvgIpc) is 2.27. The van der Waals surface area contributed by atoms with E-state index in [4.69, 9.17) is 14.8 Å². The zero-order valence-corrected chi connectivity index (χ0v) is 13.3. The Morgan fingerprint density at radius 1 is 1.11 bits per heavy atom. The minimum atomic E-state index is -3.32. The molecule has 0 amide bonds. The minimum Gasteiger partial charge on any atom is -0.314 e. The summed E-state index contributed by atoms with van der Waals surface area (Å²) in [5.41, 5.74) is 10.2. The Bertz CT molecular complexity index is 455. The zero-order chi connectivity index (χ0) is 14.6. The van der Waals surface area contributed by atoms with Crippen molar-refractivity contribution in [3.05, 3.63) is 34.4 Å². The van der Waals surface area contributed by atoms with Gasteiger partial charge in [0.25, 0.3) is 0 Å². The Morgan fingerprint density at radius 3 is 1.89 bits per heavy atom. The van der Waals surface area contributed by atoms with Gasteiger partial charge in [-0.2, -0.15) is 0 Å². The Labute approximate surface area is 115 Å². The number of aryl methyl sites for hydroxylation is 3. The number of hydrogen-bond donors (Lipinski definition) is 1. The summed E-state index contributed by atoms with van der Waals surface area (Å²) in [6.45, 7) is 10.2. The van der Waals surface area contributed by atoms with Gasteiger partial charge in [0.05, 0.1) is 13.2 Å². The molecule has 0 aliphatic rings. The van der Waals surface area contributed by atoms with Crippen molar-refractivity contribution in [3.8, 4) is 0 Å². The molecule has 0 radical (unpaired) electrons. The van der Waals surface area contributed by atoms with E-state index in [1.165, 1.54) is 0 Å². The van der Waals surface area contributed by atoms with E-state index in [2.05, 4.69) is 0 Å². The molecule has 0 aromatic heterocycles. The van der Waals surface area contributed by atoms with Gasteiger partial charge in [-0.1, -0.05) is 17.7 Å². The van der Waals surface area contributed by atoms with Gasteiger partial charge in [0.2, 0.25) is 0 Å². The summed E-state index contributed by atoms with van der Waals surface area (Å²) in [6.07, 6.45) is 0. The van der Waals surface area contributed by atoms with Crippen LogP contribution in [-0.4, -0.2) is 13.2 Å². The van der Waals surface area contributed by atoms with Crippen molar-refractivity contribution in [1.29, 1.82) is 0 Å². The van der Waals surface area contributed by atoms with Crippen LogP contribution < -0.4 is 5.73 Å². The Morgan fingerprint density at radius 2 is 1.53 bits per heavy atom. The highest BCUT2D eigenvalue weighted by Crippen LogP contribution is 2.59. The van der Waals surface area contributed by atoms with E-state index in [9.17, 15) is 4.57 Å². The SMILES string of the molecule is CCOP(=O)(OCC)C(N)c1c(C)cc(C)cc1C. The lowest BCUT2D eigenvalue weighted by atomic mass is 10.00. The number of benzene rings is 1. The Balaban J connectivity index is 3.24. The molecule has 2 N–H and O–H groups in total. The van der Waals surface area contributed by atoms with Gasteiger partial charge in [-0.15, -0.1) is 0 Å². The molecule has 108 valence electrons. The van der Waals surface area contributed by atoms with Crippen molar-refractivity contribution in [2.75, 3.05) is 13.2 Å². The largest absolute Gasteiger partial charge is 0.351 e. The third kappa shape index (κ3) is 3.67. The van der Waals surface area contributed by atoms with Gasteiger partial charge in [0.15, 0.2) is 0 Å². The van der Waals surface area contributed by atoms with Crippen LogP contribution in [-0.2, 0) is 13.6 Å². The molecule has 0 fully saturated rings. The first-order valence-electron chi connectivity index (χ1n) is 6.57. The predicted molar refractivity (Wildman–Crippen MR) is 78.4 cm³/mol. The van der Waals surface area contributed by atoms with E-state index >= 15 is 0 Å². The molecule has 0 saturated carbocycles. The molecule has 5 heteroatoms. The van der Waals surface area contributed by atoms with Crippen LogP contribution in [0.25, 0.3) is 0 Å². The third-order valence-electron chi connectivity index (χ3n) is 2.99. The topological polar surface area (TPSA) is 61.5 Å². The van der Waals surface area contributed by atoms with Crippen LogP contribution in [0, 0.1) is 20.8 Å². The van der Waals surface area contributed by atoms with Crippen molar-refractivity contribution in [2.24, 2.45) is 5.73 Å². The van der Waals surface area contributed by atoms with Crippen LogP contribution in [0.2, 0.25) is 0 Å². The van der Waals surface area contributed by atoms with E-state index in [0.717, 1.165) is 22.3 Å². The lowest BCUT2D eigenvalue weighted by Gasteiger charge is -2.26. The van der Waals surface area contributed by atoms with Crippen LogP contribution >= 0.6 is 7.60 Å². The van der Waals surface area contributed by atoms with Crippen LogP contribution in [0.1, 0.15) is 41.9 Å². The Kier molecular flexibility index (Phi) is 5.75. The summed E-state index contributed by atoms with van der Waals surface area (Å²) in [7, 11) is -3.32. The van der Waals surface area contributed by atoms with Gasteiger partial charge < -0.3 is 14.8 Å². The average molecular weight is 285 g/mol. The number of hydrogen-bond acceptors (Lipinski definition) is 4. The smallest absolute Gasteiger partial charge is 0.314 e. The molecule has 4 nitrogen and oxygen atoms in total. The molecule has 1 atom stereocenters. The highest BCUT2D eigenvalue weighted by Gasteiger charge is 2.35. The van der Waals surface area contributed by atoms with Crippen molar-refractivity contribution >= 4 is 7.60 Å². The first-order chi connectivity index (χ1) is 8.85. The molecular weight excluding hydrogens is 261 g/mol. The fourth-order valence-electron chi connectivity index (χ4n) is 2.37. The van der Waals surface area contributed by atoms with Crippen LogP contribution in [0.4, 0.5) is 0 Å². The van der Waals surface area contributed by atoms with Crippen molar-refractivity contribution < 1.29 is 13.6 Å². The van der Waals surface area contributed by atoms with E-state index in [1.807, 2.05) is 32.9 Å². The van der Waals surface area contributed by atoms with E-state index in [1.54, 1.807) is 13.8 Å². The van der Waals surface area contributed by atoms with E-state index in [0.29, 0.717) is 13.2 Å². The quantitative estimate of drug-likeness (QED) is 0.807. The van der Waals surface area contributed by atoms with Crippen molar-refractivity contribution in [2.45, 2.75) is 40.4 Å². The highest BCUT2D eigenvalue weighted by atomic mass is 31.2. The predicted octanol–water partition coefficient (Wildman–Crippen LogP) is 3.84. The summed E-state index contributed by atoms with van der Waals surface area (Å²) in [6, 6.07) is 4.06. The van der Waals surface area contributed by atoms with Gasteiger partial charge in [0, 0.05) is 0 Å². The summed E-state index contributed by atoms with van der Waals surface area (Å²) < 4.78 is 23.4. The van der Waals surface area contributed by atoms with Crippen LogP contribution in [0.15, 0.2) is 12.1 Å². The molecule has 0 spiro atoms. The number of rotatable bonds is 6. The molecular formula is C14H24NO3P. The third-order valence-corrected chi connectivity index (χ3v) is 5.17. The second-order valence-electron chi connectivity index (χ2n) is 4.63. The standard InChI is InChI=1S/C14H24NO3P/c1-6-17-19(16,18-7-2)14(15)13-11(4)8-10(3)9-12(13)5/h8-9,14H,6-7,15H2,1-5H3. The maximum atomic E-state index is 12.7. The zero-order valence-electron chi connectivity index (χ0n) is 12.4. The first kappa shape index (κ1) is 16.4. The molecule has 1 unspecified atom stereocenters. The molecule has 1 aromatic carbocycles. The van der Waals surface area contributed by atoms with Gasteiger partial charge in [-0.25, -0.2) is 0 Å². The van der Waals surface area contributed by atoms with Gasteiger partial charge >= 0.3 is 7.60 Å². The van der Waals surface area contributed by atoms with Crippen LogP contribution in [0.5, 0.6) is 0 Å². The molecule has 0 aliphatic carbocycles. The number of nitrogens with two attached hydrogens (primary N) is 1. The van der Waals surface area contributed by atoms with E-state index in [-0.39, 0.29) is 0 Å². The summed E-state index contributed by atoms with van der Waals surface area (Å²) in [5.74, 6) is -0.743. The Hall–Kier alpha value is -0.670. The second kappa shape index (κ2) is 6.67. The lowest BCUT2D eigenvalue weighted by Crippen LogP contribution is -2.17. The van der Waals surface area contributed by atoms with Gasteiger partial charge in [0.1, 0.15) is 5.78 Å². The minimum absolute atomic E-state index is 0.314. The normalized spacial score (nSPS) is 13.6. The second-order valence-corrected chi connectivity index (χ2v) is 6.79. The molecule has 0 aliphatic heterocycles.